The molecule has 140 valence electrons. The first-order valence-corrected chi connectivity index (χ1v) is 9.99. The number of benzene rings is 3. The van der Waals surface area contributed by atoms with Gasteiger partial charge in [0.15, 0.2) is 5.82 Å². The van der Waals surface area contributed by atoms with Crippen molar-refractivity contribution >= 4 is 50.4 Å². The van der Waals surface area contributed by atoms with Gasteiger partial charge in [0.1, 0.15) is 5.69 Å². The molecule has 1 aromatic heterocycles. The number of hydrogen-bond acceptors (Lipinski definition) is 3. The quantitative estimate of drug-likeness (QED) is 0.336. The van der Waals surface area contributed by atoms with E-state index in [0.29, 0.717) is 11.6 Å². The van der Waals surface area contributed by atoms with E-state index in [2.05, 4.69) is 38.7 Å². The number of aromatic nitrogens is 2. The summed E-state index contributed by atoms with van der Waals surface area (Å²) >= 11 is 9.64. The molecule has 2 N–H and O–H groups in total. The first-order valence-electron chi connectivity index (χ1n) is 8.82. The highest BCUT2D eigenvalue weighted by Crippen LogP contribution is 2.29. The average Bonchev–Trinajstić information content (AvgIpc) is 3.03. The van der Waals surface area contributed by atoms with Gasteiger partial charge in [0, 0.05) is 20.9 Å². The number of rotatable bonds is 6. The molecular weight excluding hydrogens is 436 g/mol. The highest BCUT2D eigenvalue weighted by atomic mass is 79.9. The van der Waals surface area contributed by atoms with Crippen molar-refractivity contribution in [2.24, 2.45) is 0 Å². The zero-order valence-electron chi connectivity index (χ0n) is 14.9. The maximum absolute atomic E-state index is 6.12. The summed E-state index contributed by atoms with van der Waals surface area (Å²) in [5.41, 5.74) is 3.93. The fourth-order valence-corrected chi connectivity index (χ4v) is 3.47. The van der Waals surface area contributed by atoms with Crippen LogP contribution in [0.4, 0.5) is 22.9 Å². The molecule has 0 atom stereocenters. The Balaban J connectivity index is 1.65. The molecule has 0 radical (unpaired) electrons. The molecule has 3 aromatic carbocycles. The van der Waals surface area contributed by atoms with Gasteiger partial charge in [0.05, 0.1) is 12.7 Å². The van der Waals surface area contributed by atoms with E-state index >= 15 is 0 Å². The third-order valence-corrected chi connectivity index (χ3v) is 4.87. The van der Waals surface area contributed by atoms with Gasteiger partial charge >= 0.3 is 0 Å². The van der Waals surface area contributed by atoms with Gasteiger partial charge in [-0.05, 0) is 42.0 Å². The van der Waals surface area contributed by atoms with Gasteiger partial charge in [-0.2, -0.15) is 5.10 Å². The van der Waals surface area contributed by atoms with Gasteiger partial charge in [0.2, 0.25) is 0 Å². The third kappa shape index (κ3) is 4.74. The summed E-state index contributed by atoms with van der Waals surface area (Å²) < 4.78 is 2.93. The summed E-state index contributed by atoms with van der Waals surface area (Å²) in [4.78, 5) is 0. The molecule has 4 nitrogen and oxygen atoms in total. The van der Waals surface area contributed by atoms with Gasteiger partial charge < -0.3 is 10.6 Å². The van der Waals surface area contributed by atoms with E-state index in [1.165, 1.54) is 5.56 Å². The van der Waals surface area contributed by atoms with Crippen molar-refractivity contribution in [3.8, 4) is 0 Å². The normalized spacial score (nSPS) is 10.6. The van der Waals surface area contributed by atoms with Gasteiger partial charge in [-0.15, -0.1) is 0 Å². The Kier molecular flexibility index (Phi) is 5.65. The predicted octanol–water partition coefficient (Wildman–Crippen LogP) is 6.83. The van der Waals surface area contributed by atoms with Crippen molar-refractivity contribution < 1.29 is 0 Å². The van der Waals surface area contributed by atoms with Crippen LogP contribution in [0.3, 0.4) is 0 Å². The fourth-order valence-electron chi connectivity index (χ4n) is 2.88. The molecule has 0 spiro atoms. The van der Waals surface area contributed by atoms with Crippen LogP contribution in [0.2, 0.25) is 5.02 Å². The lowest BCUT2D eigenvalue weighted by Crippen LogP contribution is -2.01. The molecule has 0 unspecified atom stereocenters. The zero-order chi connectivity index (χ0) is 19.3. The number of halogens is 2. The fraction of sp³-hybridized carbons (Fsp3) is 0.0455. The van der Waals surface area contributed by atoms with Gasteiger partial charge in [0.25, 0.3) is 0 Å². The number of anilines is 4. The van der Waals surface area contributed by atoms with Gasteiger partial charge in [-0.25, -0.2) is 0 Å². The van der Waals surface area contributed by atoms with Crippen LogP contribution in [0.5, 0.6) is 0 Å². The van der Waals surface area contributed by atoms with Crippen LogP contribution in [-0.4, -0.2) is 9.78 Å². The van der Waals surface area contributed by atoms with Crippen molar-refractivity contribution in [2.75, 3.05) is 10.6 Å². The van der Waals surface area contributed by atoms with Crippen molar-refractivity contribution in [3.63, 3.8) is 0 Å². The first-order chi connectivity index (χ1) is 13.7. The summed E-state index contributed by atoms with van der Waals surface area (Å²) in [5.74, 6) is 0.734. The molecule has 6 heteroatoms. The summed E-state index contributed by atoms with van der Waals surface area (Å²) in [5, 5.41) is 12.2. The van der Waals surface area contributed by atoms with Crippen LogP contribution >= 0.6 is 27.5 Å². The second-order valence-electron chi connectivity index (χ2n) is 6.35. The van der Waals surface area contributed by atoms with Crippen LogP contribution < -0.4 is 10.6 Å². The Labute approximate surface area is 177 Å². The molecule has 0 fully saturated rings. The first kappa shape index (κ1) is 18.6. The average molecular weight is 454 g/mol. The molecule has 4 rings (SSSR count). The van der Waals surface area contributed by atoms with E-state index in [-0.39, 0.29) is 0 Å². The number of hydrogen-bond donors (Lipinski definition) is 2. The smallest absolute Gasteiger partial charge is 0.176 e. The Morgan fingerprint density at radius 2 is 1.61 bits per heavy atom. The summed E-state index contributed by atoms with van der Waals surface area (Å²) in [7, 11) is 0. The zero-order valence-corrected chi connectivity index (χ0v) is 17.3. The lowest BCUT2D eigenvalue weighted by atomic mass is 10.2. The van der Waals surface area contributed by atoms with Gasteiger partial charge in [-0.3, -0.25) is 4.68 Å². The molecule has 0 aliphatic heterocycles. The third-order valence-electron chi connectivity index (χ3n) is 4.14. The van der Waals surface area contributed by atoms with Crippen LogP contribution in [0.1, 0.15) is 5.56 Å². The lowest BCUT2D eigenvalue weighted by molar-refractivity contribution is 0.690. The molecule has 0 saturated carbocycles. The minimum atomic E-state index is 0.676. The molecule has 0 bridgehead atoms. The van der Waals surface area contributed by atoms with Crippen molar-refractivity contribution in [1.82, 2.24) is 9.78 Å². The standard InChI is InChI=1S/C22H18BrClN4/c23-17-8-4-10-19(12-17)25-21-15-28(14-16-6-2-1-3-7-16)27-22(21)26-20-11-5-9-18(24)13-20/h1-13,15,25H,14H2,(H,26,27). The number of nitrogens with zero attached hydrogens (tertiary/aromatic N) is 2. The Bertz CT molecular complexity index is 1010. The largest absolute Gasteiger partial charge is 0.351 e. The summed E-state index contributed by atoms with van der Waals surface area (Å²) in [6.07, 6.45) is 2.00. The number of nitrogens with one attached hydrogen (secondary N) is 2. The molecular formula is C22H18BrClN4. The van der Waals surface area contributed by atoms with Crippen LogP contribution in [0.25, 0.3) is 0 Å². The van der Waals surface area contributed by atoms with E-state index in [0.717, 1.165) is 27.4 Å². The maximum atomic E-state index is 6.12. The van der Waals surface area contributed by atoms with E-state index in [9.17, 15) is 0 Å². The highest BCUT2D eigenvalue weighted by Gasteiger charge is 2.11. The SMILES string of the molecule is Clc1cccc(Nc2nn(Cc3ccccc3)cc2Nc2cccc(Br)c2)c1. The van der Waals surface area contributed by atoms with Crippen LogP contribution in [0, 0.1) is 0 Å². The van der Waals surface area contributed by atoms with Crippen LogP contribution in [0.15, 0.2) is 89.5 Å². The predicted molar refractivity (Wildman–Crippen MR) is 120 cm³/mol. The Morgan fingerprint density at radius 1 is 0.857 bits per heavy atom. The molecule has 0 amide bonds. The molecule has 1 heterocycles. The van der Waals surface area contributed by atoms with E-state index in [1.807, 2.05) is 77.6 Å². The monoisotopic (exact) mass is 452 g/mol. The Hall–Kier alpha value is -2.76. The second kappa shape index (κ2) is 8.50. The topological polar surface area (TPSA) is 41.9 Å². The minimum Gasteiger partial charge on any atom is -0.351 e. The molecule has 0 aliphatic rings. The second-order valence-corrected chi connectivity index (χ2v) is 7.70. The van der Waals surface area contributed by atoms with E-state index in [1.54, 1.807) is 0 Å². The Morgan fingerprint density at radius 3 is 2.36 bits per heavy atom. The lowest BCUT2D eigenvalue weighted by Gasteiger charge is -2.09. The van der Waals surface area contributed by atoms with Crippen molar-refractivity contribution in [2.45, 2.75) is 6.54 Å². The molecule has 0 aliphatic carbocycles. The maximum Gasteiger partial charge on any atom is 0.176 e. The van der Waals surface area contributed by atoms with Crippen LogP contribution in [-0.2, 0) is 6.54 Å². The molecule has 0 saturated heterocycles. The summed E-state index contributed by atoms with van der Waals surface area (Å²) in [6.45, 7) is 0.686. The molecule has 4 aromatic rings. The van der Waals surface area contributed by atoms with Gasteiger partial charge in [-0.1, -0.05) is 70.0 Å². The summed E-state index contributed by atoms with van der Waals surface area (Å²) in [6, 6.07) is 25.9. The van der Waals surface area contributed by atoms with Crippen molar-refractivity contribution in [3.05, 3.63) is 100 Å². The highest BCUT2D eigenvalue weighted by molar-refractivity contribution is 9.10. The van der Waals surface area contributed by atoms with E-state index in [4.69, 9.17) is 16.7 Å². The van der Waals surface area contributed by atoms with Crippen molar-refractivity contribution in [1.29, 1.82) is 0 Å². The molecule has 28 heavy (non-hydrogen) atoms. The minimum absolute atomic E-state index is 0.676. The van der Waals surface area contributed by atoms with E-state index < -0.39 is 0 Å².